The lowest BCUT2D eigenvalue weighted by Gasteiger charge is -2.29. The van der Waals surface area contributed by atoms with E-state index in [1.54, 1.807) is 0 Å². The molecular formula is C19H29Cl3OSi. The van der Waals surface area contributed by atoms with Crippen molar-refractivity contribution in [3.8, 4) is 0 Å². The van der Waals surface area contributed by atoms with Crippen LogP contribution in [0.4, 0.5) is 0 Å². The van der Waals surface area contributed by atoms with Gasteiger partial charge in [0.2, 0.25) is 0 Å². The molecule has 1 fully saturated rings. The molecule has 0 atom stereocenters. The molecule has 5 heteroatoms. The van der Waals surface area contributed by atoms with Gasteiger partial charge in [0, 0.05) is 6.61 Å². The summed E-state index contributed by atoms with van der Waals surface area (Å²) in [5.41, 5.74) is 2.96. The van der Waals surface area contributed by atoms with Crippen LogP contribution in [-0.4, -0.2) is 18.7 Å². The van der Waals surface area contributed by atoms with Gasteiger partial charge in [-0.3, -0.25) is 0 Å². The summed E-state index contributed by atoms with van der Waals surface area (Å²) in [5, 5.41) is 0. The monoisotopic (exact) mass is 406 g/mol. The fourth-order valence-corrected chi connectivity index (χ4v) is 5.17. The zero-order valence-electron chi connectivity index (χ0n) is 14.6. The van der Waals surface area contributed by atoms with E-state index < -0.39 is 6.00 Å². The minimum atomic E-state index is -2.48. The first-order chi connectivity index (χ1) is 11.5. The van der Waals surface area contributed by atoms with E-state index in [9.17, 15) is 0 Å². The highest BCUT2D eigenvalue weighted by Gasteiger charge is 2.25. The molecule has 136 valence electrons. The summed E-state index contributed by atoms with van der Waals surface area (Å²) in [6.45, 7) is 2.97. The lowest BCUT2D eigenvalue weighted by atomic mass is 9.82. The highest BCUT2D eigenvalue weighted by molar-refractivity contribution is 7.64. The van der Waals surface area contributed by atoms with Gasteiger partial charge < -0.3 is 4.74 Å². The molecular weight excluding hydrogens is 379 g/mol. The SMILES string of the molecule is CCCCc1ccc([C@H]2CC[C@H](OCCC[Si](Cl)(Cl)Cl)CC2)cc1. The lowest BCUT2D eigenvalue weighted by Crippen LogP contribution is -2.22. The van der Waals surface area contributed by atoms with E-state index in [0.717, 1.165) is 25.9 Å². The van der Waals surface area contributed by atoms with Crippen molar-refractivity contribution in [2.24, 2.45) is 0 Å². The van der Waals surface area contributed by atoms with Crippen LogP contribution in [0.3, 0.4) is 0 Å². The van der Waals surface area contributed by atoms with Crippen LogP contribution in [0.2, 0.25) is 6.04 Å². The van der Waals surface area contributed by atoms with E-state index >= 15 is 0 Å². The van der Waals surface area contributed by atoms with Gasteiger partial charge in [0.15, 0.2) is 0 Å². The Kier molecular flexibility index (Phi) is 8.94. The van der Waals surface area contributed by atoms with Crippen molar-refractivity contribution < 1.29 is 4.74 Å². The van der Waals surface area contributed by atoms with Gasteiger partial charge in [-0.15, -0.1) is 33.2 Å². The summed E-state index contributed by atoms with van der Waals surface area (Å²) in [6.07, 6.45) is 9.73. The molecule has 0 aromatic heterocycles. The zero-order chi connectivity index (χ0) is 17.4. The molecule has 1 saturated carbocycles. The Hall–Kier alpha value is 0.267. The average Bonchev–Trinajstić information content (AvgIpc) is 2.57. The minimum Gasteiger partial charge on any atom is -0.378 e. The van der Waals surface area contributed by atoms with Crippen LogP contribution < -0.4 is 0 Å². The van der Waals surface area contributed by atoms with E-state index in [1.807, 2.05) is 0 Å². The van der Waals surface area contributed by atoms with Crippen molar-refractivity contribution in [3.63, 3.8) is 0 Å². The molecule has 1 aromatic carbocycles. The topological polar surface area (TPSA) is 9.23 Å². The second-order valence-corrected chi connectivity index (χ2v) is 16.2. The van der Waals surface area contributed by atoms with Gasteiger partial charge >= 0.3 is 6.00 Å². The molecule has 1 aliphatic carbocycles. The van der Waals surface area contributed by atoms with Crippen molar-refractivity contribution >= 4 is 39.2 Å². The minimum absolute atomic E-state index is 0.391. The maximum absolute atomic E-state index is 5.97. The van der Waals surface area contributed by atoms with Crippen molar-refractivity contribution in [3.05, 3.63) is 35.4 Å². The molecule has 0 aliphatic heterocycles. The molecule has 1 nitrogen and oxygen atoms in total. The van der Waals surface area contributed by atoms with Crippen molar-refractivity contribution in [1.29, 1.82) is 0 Å². The number of hydrogen-bond acceptors (Lipinski definition) is 1. The van der Waals surface area contributed by atoms with Gasteiger partial charge in [-0.05, 0) is 68.0 Å². The average molecular weight is 408 g/mol. The summed E-state index contributed by atoms with van der Waals surface area (Å²) in [4.78, 5) is 0. The van der Waals surface area contributed by atoms with Crippen LogP contribution >= 0.6 is 33.2 Å². The Morgan fingerprint density at radius 2 is 1.67 bits per heavy atom. The van der Waals surface area contributed by atoms with E-state index in [4.69, 9.17) is 38.0 Å². The highest BCUT2D eigenvalue weighted by atomic mass is 35.8. The third-order valence-electron chi connectivity index (χ3n) is 4.90. The fourth-order valence-electron chi connectivity index (χ4n) is 3.42. The number of rotatable bonds is 9. The molecule has 0 saturated heterocycles. The predicted octanol–water partition coefficient (Wildman–Crippen LogP) is 7.12. The summed E-state index contributed by atoms with van der Waals surface area (Å²) in [7, 11) is 0. The summed E-state index contributed by atoms with van der Waals surface area (Å²) < 4.78 is 5.97. The number of halogens is 3. The van der Waals surface area contributed by atoms with E-state index in [0.29, 0.717) is 18.1 Å². The Morgan fingerprint density at radius 1 is 1.00 bits per heavy atom. The van der Waals surface area contributed by atoms with Gasteiger partial charge in [0.05, 0.1) is 6.10 Å². The number of benzene rings is 1. The standard InChI is InChI=1S/C19H29Cl3OSi/c1-2-3-5-16-6-8-17(9-7-16)18-10-12-19(13-11-18)23-14-4-15-24(20,21)22/h6-9,18-19H,2-5,10-15H2,1H3/t18-,19-. The van der Waals surface area contributed by atoms with Gasteiger partial charge in [-0.2, -0.15) is 0 Å². The van der Waals surface area contributed by atoms with Crippen LogP contribution in [0.25, 0.3) is 0 Å². The lowest BCUT2D eigenvalue weighted by molar-refractivity contribution is 0.0251. The maximum atomic E-state index is 5.97. The fraction of sp³-hybridized carbons (Fsp3) is 0.684. The predicted molar refractivity (Wildman–Crippen MR) is 109 cm³/mol. The van der Waals surface area contributed by atoms with Crippen LogP contribution in [0.5, 0.6) is 0 Å². The first-order valence-corrected chi connectivity index (χ1v) is 14.5. The van der Waals surface area contributed by atoms with Crippen LogP contribution in [0, 0.1) is 0 Å². The highest BCUT2D eigenvalue weighted by Crippen LogP contribution is 2.34. The summed E-state index contributed by atoms with van der Waals surface area (Å²) in [5.74, 6) is 0.693. The summed E-state index contributed by atoms with van der Waals surface area (Å²) >= 11 is 17.7. The quantitative estimate of drug-likeness (QED) is 0.240. The molecule has 2 rings (SSSR count). The van der Waals surface area contributed by atoms with Crippen molar-refractivity contribution in [2.75, 3.05) is 6.61 Å². The molecule has 1 aliphatic rings. The Morgan fingerprint density at radius 3 is 2.25 bits per heavy atom. The molecule has 1 aromatic rings. The molecule has 0 heterocycles. The maximum Gasteiger partial charge on any atom is 0.341 e. The van der Waals surface area contributed by atoms with Crippen LogP contribution in [0.1, 0.15) is 68.9 Å². The molecule has 0 N–H and O–H groups in total. The van der Waals surface area contributed by atoms with Gasteiger partial charge in [0.1, 0.15) is 0 Å². The molecule has 24 heavy (non-hydrogen) atoms. The molecule has 0 radical (unpaired) electrons. The van der Waals surface area contributed by atoms with E-state index in [-0.39, 0.29) is 0 Å². The van der Waals surface area contributed by atoms with E-state index in [1.165, 1.54) is 43.2 Å². The molecule has 0 bridgehead atoms. The number of unbranched alkanes of at least 4 members (excludes halogenated alkanes) is 1. The number of ether oxygens (including phenoxy) is 1. The van der Waals surface area contributed by atoms with Crippen molar-refractivity contribution in [1.82, 2.24) is 0 Å². The molecule has 0 amide bonds. The third-order valence-corrected chi connectivity index (χ3v) is 7.52. The van der Waals surface area contributed by atoms with E-state index in [2.05, 4.69) is 31.2 Å². The second kappa shape index (κ2) is 10.4. The first kappa shape index (κ1) is 20.6. The van der Waals surface area contributed by atoms with Gasteiger partial charge in [-0.1, -0.05) is 37.6 Å². The Bertz CT molecular complexity index is 464. The van der Waals surface area contributed by atoms with Crippen molar-refractivity contribution in [2.45, 2.75) is 76.4 Å². The summed E-state index contributed by atoms with van der Waals surface area (Å²) in [6, 6.07) is 7.52. The number of hydrogen-bond donors (Lipinski definition) is 0. The largest absolute Gasteiger partial charge is 0.378 e. The third kappa shape index (κ3) is 7.66. The first-order valence-electron chi connectivity index (χ1n) is 9.25. The van der Waals surface area contributed by atoms with Gasteiger partial charge in [0.25, 0.3) is 0 Å². The second-order valence-electron chi connectivity index (χ2n) is 6.91. The van der Waals surface area contributed by atoms with Crippen LogP contribution in [-0.2, 0) is 11.2 Å². The number of aryl methyl sites for hydroxylation is 1. The molecule has 0 spiro atoms. The normalized spacial score (nSPS) is 21.8. The van der Waals surface area contributed by atoms with Crippen LogP contribution in [0.15, 0.2) is 24.3 Å². The Balaban J connectivity index is 1.68. The smallest absolute Gasteiger partial charge is 0.341 e. The molecule has 0 unspecified atom stereocenters. The zero-order valence-corrected chi connectivity index (χ0v) is 17.8. The Labute approximate surface area is 162 Å². The van der Waals surface area contributed by atoms with Gasteiger partial charge in [-0.25, -0.2) is 0 Å².